The van der Waals surface area contributed by atoms with Crippen molar-refractivity contribution in [3.8, 4) is 11.4 Å². The van der Waals surface area contributed by atoms with Crippen LogP contribution in [0.15, 0.2) is 24.5 Å². The zero-order chi connectivity index (χ0) is 13.9. The Hall–Kier alpha value is -2.31. The number of hydrogen-bond acceptors (Lipinski definition) is 6. The molecule has 0 bridgehead atoms. The van der Waals surface area contributed by atoms with Crippen molar-refractivity contribution in [2.45, 2.75) is 27.5 Å². The summed E-state index contributed by atoms with van der Waals surface area (Å²) >= 11 is 0. The van der Waals surface area contributed by atoms with E-state index in [9.17, 15) is 4.79 Å². The van der Waals surface area contributed by atoms with Gasteiger partial charge in [-0.3, -0.25) is 9.78 Å². The highest BCUT2D eigenvalue weighted by molar-refractivity contribution is 5.75. The topological polar surface area (TPSA) is 82.8 Å². The first-order valence-electron chi connectivity index (χ1n) is 5.82. The smallest absolute Gasteiger partial charge is 0.313 e. The van der Waals surface area contributed by atoms with E-state index < -0.39 is 5.41 Å². The Morgan fingerprint density at radius 2 is 2.21 bits per heavy atom. The van der Waals surface area contributed by atoms with Crippen LogP contribution in [0.2, 0.25) is 0 Å². The molecule has 0 aliphatic carbocycles. The second kappa shape index (κ2) is 5.13. The normalized spacial score (nSPS) is 11.3. The van der Waals surface area contributed by atoms with Crippen LogP contribution in [0, 0.1) is 5.41 Å². The Morgan fingerprint density at radius 3 is 2.84 bits per heavy atom. The second-order valence-electron chi connectivity index (χ2n) is 5.05. The highest BCUT2D eigenvalue weighted by atomic mass is 16.5. The highest BCUT2D eigenvalue weighted by Crippen LogP contribution is 2.17. The number of nitrogens with zero attached hydrogens (tertiary/aromatic N) is 5. The van der Waals surface area contributed by atoms with Crippen molar-refractivity contribution >= 4 is 5.97 Å². The van der Waals surface area contributed by atoms with E-state index in [1.807, 2.05) is 6.07 Å². The minimum Gasteiger partial charge on any atom is -0.442 e. The van der Waals surface area contributed by atoms with Gasteiger partial charge in [-0.15, -0.1) is 5.10 Å². The van der Waals surface area contributed by atoms with Crippen molar-refractivity contribution in [3.63, 3.8) is 0 Å². The fourth-order valence-electron chi connectivity index (χ4n) is 1.33. The van der Waals surface area contributed by atoms with Gasteiger partial charge in [-0.1, -0.05) is 0 Å². The van der Waals surface area contributed by atoms with Crippen molar-refractivity contribution in [2.75, 3.05) is 0 Å². The molecule has 0 N–H and O–H groups in total. The molecular formula is C12H15N5O2. The maximum Gasteiger partial charge on any atom is 0.313 e. The molecular weight excluding hydrogens is 246 g/mol. The van der Waals surface area contributed by atoms with E-state index in [2.05, 4.69) is 20.5 Å². The Morgan fingerprint density at radius 1 is 1.42 bits per heavy atom. The largest absolute Gasteiger partial charge is 0.442 e. The standard InChI is InChI=1S/C12H15N5O2/c1-12(2,3)11(18)19-8-17-10(14-15-16-17)9-5-4-6-13-7-9/h4-7H,8H2,1-3H3. The van der Waals surface area contributed by atoms with E-state index in [0.29, 0.717) is 5.82 Å². The van der Waals surface area contributed by atoms with Crippen LogP contribution in [-0.2, 0) is 16.3 Å². The molecule has 0 aliphatic rings. The van der Waals surface area contributed by atoms with Gasteiger partial charge in [0.25, 0.3) is 0 Å². The summed E-state index contributed by atoms with van der Waals surface area (Å²) in [7, 11) is 0. The Bertz CT molecular complexity index is 559. The van der Waals surface area contributed by atoms with E-state index >= 15 is 0 Å². The van der Waals surface area contributed by atoms with E-state index in [0.717, 1.165) is 5.56 Å². The Balaban J connectivity index is 2.11. The molecule has 2 aromatic rings. The SMILES string of the molecule is CC(C)(C)C(=O)OCn1nnnc1-c1cccnc1. The summed E-state index contributed by atoms with van der Waals surface area (Å²) in [4.78, 5) is 15.7. The van der Waals surface area contributed by atoms with Crippen LogP contribution in [0.5, 0.6) is 0 Å². The number of carbonyl (C=O) groups is 1. The van der Waals surface area contributed by atoms with Crippen molar-refractivity contribution in [1.82, 2.24) is 25.2 Å². The van der Waals surface area contributed by atoms with Gasteiger partial charge >= 0.3 is 5.97 Å². The maximum absolute atomic E-state index is 11.7. The average Bonchev–Trinajstić information content (AvgIpc) is 2.84. The molecule has 0 aliphatic heterocycles. The third kappa shape index (κ3) is 3.12. The van der Waals surface area contributed by atoms with Gasteiger partial charge < -0.3 is 4.74 Å². The number of hydrogen-bond donors (Lipinski definition) is 0. The fourth-order valence-corrected chi connectivity index (χ4v) is 1.33. The van der Waals surface area contributed by atoms with Crippen LogP contribution in [-0.4, -0.2) is 31.2 Å². The van der Waals surface area contributed by atoms with Gasteiger partial charge in [-0.2, -0.15) is 4.68 Å². The molecule has 2 heterocycles. The van der Waals surface area contributed by atoms with Gasteiger partial charge in [0.1, 0.15) is 0 Å². The van der Waals surface area contributed by atoms with E-state index in [1.165, 1.54) is 4.68 Å². The summed E-state index contributed by atoms with van der Waals surface area (Å²) in [6.07, 6.45) is 3.31. The number of tetrazole rings is 1. The van der Waals surface area contributed by atoms with Crippen LogP contribution >= 0.6 is 0 Å². The fraction of sp³-hybridized carbons (Fsp3) is 0.417. The van der Waals surface area contributed by atoms with Gasteiger partial charge in [-0.05, 0) is 43.3 Å². The van der Waals surface area contributed by atoms with Crippen molar-refractivity contribution in [3.05, 3.63) is 24.5 Å². The van der Waals surface area contributed by atoms with Crippen LogP contribution < -0.4 is 0 Å². The molecule has 2 rings (SSSR count). The number of pyridine rings is 1. The monoisotopic (exact) mass is 261 g/mol. The van der Waals surface area contributed by atoms with Gasteiger partial charge in [-0.25, -0.2) is 0 Å². The summed E-state index contributed by atoms with van der Waals surface area (Å²) in [5.74, 6) is 0.204. The zero-order valence-corrected chi connectivity index (χ0v) is 11.1. The van der Waals surface area contributed by atoms with Crippen LogP contribution in [0.25, 0.3) is 11.4 Å². The van der Waals surface area contributed by atoms with Crippen molar-refractivity contribution in [1.29, 1.82) is 0 Å². The zero-order valence-electron chi connectivity index (χ0n) is 11.1. The minimum atomic E-state index is -0.553. The second-order valence-corrected chi connectivity index (χ2v) is 5.05. The molecule has 0 spiro atoms. The molecule has 0 amide bonds. The number of rotatable bonds is 3. The third-order valence-corrected chi connectivity index (χ3v) is 2.38. The molecule has 0 aromatic carbocycles. The molecule has 0 saturated heterocycles. The first kappa shape index (κ1) is 13.1. The number of carbonyl (C=O) groups excluding carboxylic acids is 1. The van der Waals surface area contributed by atoms with Gasteiger partial charge in [0.15, 0.2) is 12.6 Å². The van der Waals surface area contributed by atoms with E-state index in [-0.39, 0.29) is 12.7 Å². The number of esters is 1. The minimum absolute atomic E-state index is 0.0205. The lowest BCUT2D eigenvalue weighted by molar-refractivity contribution is -0.157. The quantitative estimate of drug-likeness (QED) is 0.774. The lowest BCUT2D eigenvalue weighted by Gasteiger charge is -2.16. The first-order chi connectivity index (χ1) is 8.98. The molecule has 2 aromatic heterocycles. The predicted octanol–water partition coefficient (Wildman–Crippen LogP) is 1.28. The molecule has 7 heteroatoms. The molecule has 100 valence electrons. The summed E-state index contributed by atoms with van der Waals surface area (Å²) in [5.41, 5.74) is 0.210. The van der Waals surface area contributed by atoms with Gasteiger partial charge in [0.2, 0.25) is 0 Å². The molecule has 7 nitrogen and oxygen atoms in total. The summed E-state index contributed by atoms with van der Waals surface area (Å²) in [6.45, 7) is 5.35. The van der Waals surface area contributed by atoms with Crippen molar-refractivity contribution in [2.24, 2.45) is 5.41 Å². The van der Waals surface area contributed by atoms with Gasteiger partial charge in [0.05, 0.1) is 5.41 Å². The summed E-state index contributed by atoms with van der Waals surface area (Å²) in [5, 5.41) is 11.3. The molecule has 0 saturated carbocycles. The number of ether oxygens (including phenoxy) is 1. The third-order valence-electron chi connectivity index (χ3n) is 2.38. The van der Waals surface area contributed by atoms with E-state index in [1.54, 1.807) is 39.2 Å². The Kier molecular flexibility index (Phi) is 3.55. The van der Waals surface area contributed by atoms with Crippen LogP contribution in [0.1, 0.15) is 20.8 Å². The van der Waals surface area contributed by atoms with Crippen molar-refractivity contribution < 1.29 is 9.53 Å². The molecule has 0 atom stereocenters. The Labute approximate surface area is 110 Å². The average molecular weight is 261 g/mol. The molecule has 0 radical (unpaired) electrons. The maximum atomic E-state index is 11.7. The highest BCUT2D eigenvalue weighted by Gasteiger charge is 2.23. The first-order valence-corrected chi connectivity index (χ1v) is 5.82. The molecule has 19 heavy (non-hydrogen) atoms. The predicted molar refractivity (Wildman–Crippen MR) is 66.6 cm³/mol. The van der Waals surface area contributed by atoms with Crippen LogP contribution in [0.3, 0.4) is 0 Å². The summed E-state index contributed by atoms with van der Waals surface area (Å²) < 4.78 is 6.59. The van der Waals surface area contributed by atoms with Gasteiger partial charge in [0, 0.05) is 18.0 Å². The molecule has 0 fully saturated rings. The summed E-state index contributed by atoms with van der Waals surface area (Å²) in [6, 6.07) is 3.62. The van der Waals surface area contributed by atoms with Crippen LogP contribution in [0.4, 0.5) is 0 Å². The molecule has 0 unspecified atom stereocenters. The lowest BCUT2D eigenvalue weighted by atomic mass is 9.98. The number of aromatic nitrogens is 5. The lowest BCUT2D eigenvalue weighted by Crippen LogP contribution is -2.24. The van der Waals surface area contributed by atoms with E-state index in [4.69, 9.17) is 4.74 Å².